The Morgan fingerprint density at radius 1 is 1.33 bits per heavy atom. The van der Waals surface area contributed by atoms with Gasteiger partial charge in [0.05, 0.1) is 13.2 Å². The molecule has 1 aliphatic heterocycles. The molecule has 1 heterocycles. The van der Waals surface area contributed by atoms with E-state index in [2.05, 4.69) is 18.9 Å². The number of ketones is 1. The van der Waals surface area contributed by atoms with Crippen molar-refractivity contribution in [2.75, 3.05) is 20.2 Å². The van der Waals surface area contributed by atoms with Crippen LogP contribution < -0.4 is 4.74 Å². The quantitative estimate of drug-likeness (QED) is 0.796. The van der Waals surface area contributed by atoms with Crippen LogP contribution in [0.1, 0.15) is 48.5 Å². The Bertz CT molecular complexity index is 526. The van der Waals surface area contributed by atoms with E-state index in [1.54, 1.807) is 0 Å². The van der Waals surface area contributed by atoms with Crippen molar-refractivity contribution < 1.29 is 9.53 Å². The van der Waals surface area contributed by atoms with Gasteiger partial charge in [0.2, 0.25) is 0 Å². The highest BCUT2D eigenvalue weighted by Gasteiger charge is 2.26. The Morgan fingerprint density at radius 2 is 2.14 bits per heavy atom. The highest BCUT2D eigenvalue weighted by atomic mass is 16.5. The molecule has 1 fully saturated rings. The normalized spacial score (nSPS) is 24.7. The molecule has 114 valence electrons. The van der Waals surface area contributed by atoms with Gasteiger partial charge < -0.3 is 4.74 Å². The first kappa shape index (κ1) is 14.6. The van der Waals surface area contributed by atoms with Crippen LogP contribution in [0.3, 0.4) is 0 Å². The zero-order valence-electron chi connectivity index (χ0n) is 13.1. The lowest BCUT2D eigenvalue weighted by atomic mass is 9.85. The number of hydrogen-bond donors (Lipinski definition) is 0. The first-order valence-electron chi connectivity index (χ1n) is 8.14. The first-order valence-corrected chi connectivity index (χ1v) is 8.14. The van der Waals surface area contributed by atoms with Crippen LogP contribution in [0.25, 0.3) is 0 Å². The summed E-state index contributed by atoms with van der Waals surface area (Å²) < 4.78 is 5.50. The van der Waals surface area contributed by atoms with Gasteiger partial charge in [-0.05, 0) is 49.6 Å². The van der Waals surface area contributed by atoms with E-state index in [-0.39, 0.29) is 5.78 Å². The molecule has 0 N–H and O–H groups in total. The van der Waals surface area contributed by atoms with E-state index in [0.717, 1.165) is 24.3 Å². The Kier molecular flexibility index (Phi) is 4.29. The van der Waals surface area contributed by atoms with Crippen molar-refractivity contribution in [2.45, 2.75) is 45.1 Å². The zero-order valence-corrected chi connectivity index (χ0v) is 13.1. The summed E-state index contributed by atoms with van der Waals surface area (Å²) in [6.07, 6.45) is 6.07. The molecule has 1 aromatic carbocycles. The Morgan fingerprint density at radius 3 is 2.95 bits per heavy atom. The number of benzene rings is 1. The molecule has 3 heteroatoms. The molecule has 3 nitrogen and oxygen atoms in total. The minimum absolute atomic E-state index is 0.227. The molecule has 0 aromatic heterocycles. The number of fused-ring (bicyclic) bond motifs is 1. The van der Waals surface area contributed by atoms with Gasteiger partial charge in [0.15, 0.2) is 5.78 Å². The van der Waals surface area contributed by atoms with Crippen molar-refractivity contribution in [3.63, 3.8) is 0 Å². The molecule has 0 amide bonds. The zero-order chi connectivity index (χ0) is 14.8. The maximum Gasteiger partial charge on any atom is 0.176 e. The maximum atomic E-state index is 12.5. The van der Waals surface area contributed by atoms with Gasteiger partial charge in [0.1, 0.15) is 5.75 Å². The van der Waals surface area contributed by atoms with Crippen LogP contribution in [0, 0.1) is 5.92 Å². The molecule has 2 unspecified atom stereocenters. The Hall–Kier alpha value is -1.35. The van der Waals surface area contributed by atoms with Gasteiger partial charge in [-0.3, -0.25) is 9.69 Å². The van der Waals surface area contributed by atoms with Crippen molar-refractivity contribution in [1.29, 1.82) is 0 Å². The molecule has 1 saturated carbocycles. The smallest absolute Gasteiger partial charge is 0.176 e. The van der Waals surface area contributed by atoms with Gasteiger partial charge in [-0.1, -0.05) is 19.8 Å². The largest absolute Gasteiger partial charge is 0.493 e. The van der Waals surface area contributed by atoms with Gasteiger partial charge in [-0.25, -0.2) is 0 Å². The minimum Gasteiger partial charge on any atom is -0.493 e. The molecule has 2 aliphatic rings. The lowest BCUT2D eigenvalue weighted by Crippen LogP contribution is -2.41. The highest BCUT2D eigenvalue weighted by Crippen LogP contribution is 2.28. The summed E-state index contributed by atoms with van der Waals surface area (Å²) in [6, 6.07) is 6.42. The van der Waals surface area contributed by atoms with E-state index in [4.69, 9.17) is 4.74 Å². The third-order valence-electron chi connectivity index (χ3n) is 5.04. The van der Waals surface area contributed by atoms with Crippen molar-refractivity contribution >= 4 is 5.78 Å². The second kappa shape index (κ2) is 6.18. The van der Waals surface area contributed by atoms with Gasteiger partial charge in [-0.15, -0.1) is 0 Å². The average Bonchev–Trinajstić information content (AvgIpc) is 2.94. The lowest BCUT2D eigenvalue weighted by Gasteiger charge is -2.35. The van der Waals surface area contributed by atoms with Gasteiger partial charge in [0.25, 0.3) is 0 Å². The van der Waals surface area contributed by atoms with Crippen LogP contribution in [0.2, 0.25) is 0 Å². The molecule has 0 saturated heterocycles. The fourth-order valence-corrected chi connectivity index (χ4v) is 3.75. The number of carbonyl (C=O) groups is 1. The number of ether oxygens (including phenoxy) is 1. The van der Waals surface area contributed by atoms with Crippen molar-refractivity contribution in [1.82, 2.24) is 4.90 Å². The number of rotatable bonds is 4. The van der Waals surface area contributed by atoms with E-state index < -0.39 is 0 Å². The van der Waals surface area contributed by atoms with Gasteiger partial charge in [0, 0.05) is 18.0 Å². The number of Topliss-reactive ketones (excluding diaryl/α,β-unsaturated/α-hetero) is 1. The molecule has 2 atom stereocenters. The molecule has 21 heavy (non-hydrogen) atoms. The number of nitrogens with zero attached hydrogens (tertiary/aromatic N) is 1. The molecule has 0 radical (unpaired) electrons. The molecule has 0 bridgehead atoms. The van der Waals surface area contributed by atoms with Crippen molar-refractivity contribution in [3.8, 4) is 5.75 Å². The van der Waals surface area contributed by atoms with E-state index in [1.165, 1.54) is 31.2 Å². The fourth-order valence-electron chi connectivity index (χ4n) is 3.75. The van der Waals surface area contributed by atoms with Crippen LogP contribution in [-0.2, 0) is 6.42 Å². The van der Waals surface area contributed by atoms with Crippen molar-refractivity contribution in [2.24, 2.45) is 5.92 Å². The van der Waals surface area contributed by atoms with Gasteiger partial charge >= 0.3 is 0 Å². The Labute approximate surface area is 127 Å². The van der Waals surface area contributed by atoms with Crippen LogP contribution in [0.4, 0.5) is 0 Å². The Balaban J connectivity index is 1.65. The molecular weight excluding hydrogens is 262 g/mol. The average molecular weight is 287 g/mol. The summed E-state index contributed by atoms with van der Waals surface area (Å²) >= 11 is 0. The summed E-state index contributed by atoms with van der Waals surface area (Å²) in [7, 11) is 2.10. The SMILES string of the molecule is CC1CCCCC1N(C)CC(=O)c1ccc2c(c1)CCO2. The predicted molar refractivity (Wildman–Crippen MR) is 84.0 cm³/mol. The fraction of sp³-hybridized carbons (Fsp3) is 0.611. The summed E-state index contributed by atoms with van der Waals surface area (Å²) in [5.74, 6) is 1.87. The first-order chi connectivity index (χ1) is 10.1. The van der Waals surface area contributed by atoms with E-state index in [0.29, 0.717) is 18.5 Å². The molecular formula is C18H25NO2. The third-order valence-corrected chi connectivity index (χ3v) is 5.04. The van der Waals surface area contributed by atoms with Gasteiger partial charge in [-0.2, -0.15) is 0 Å². The van der Waals surface area contributed by atoms with Crippen LogP contribution in [0.15, 0.2) is 18.2 Å². The standard InChI is InChI=1S/C18H25NO2/c1-13-5-3-4-6-16(13)19(2)12-17(20)14-7-8-18-15(11-14)9-10-21-18/h7-8,11,13,16H,3-6,9-10,12H2,1-2H3. The second-order valence-corrected chi connectivity index (χ2v) is 6.59. The maximum absolute atomic E-state index is 12.5. The number of likely N-dealkylation sites (N-methyl/N-ethyl adjacent to an activating group) is 1. The van der Waals surface area contributed by atoms with Crippen LogP contribution in [-0.4, -0.2) is 36.9 Å². The molecule has 3 rings (SSSR count). The topological polar surface area (TPSA) is 29.5 Å². The summed E-state index contributed by atoms with van der Waals surface area (Å²) in [5.41, 5.74) is 2.00. The van der Waals surface area contributed by atoms with E-state index >= 15 is 0 Å². The number of carbonyl (C=O) groups excluding carboxylic acids is 1. The summed E-state index contributed by atoms with van der Waals surface area (Å²) in [5, 5.41) is 0. The highest BCUT2D eigenvalue weighted by molar-refractivity contribution is 5.98. The molecule has 1 aromatic rings. The predicted octanol–water partition coefficient (Wildman–Crippen LogP) is 3.31. The summed E-state index contributed by atoms with van der Waals surface area (Å²) in [6.45, 7) is 3.58. The summed E-state index contributed by atoms with van der Waals surface area (Å²) in [4.78, 5) is 14.8. The number of hydrogen-bond acceptors (Lipinski definition) is 3. The van der Waals surface area contributed by atoms with Crippen LogP contribution in [0.5, 0.6) is 5.75 Å². The van der Waals surface area contributed by atoms with Crippen molar-refractivity contribution in [3.05, 3.63) is 29.3 Å². The second-order valence-electron chi connectivity index (χ2n) is 6.59. The monoisotopic (exact) mass is 287 g/mol. The molecule has 1 aliphatic carbocycles. The van der Waals surface area contributed by atoms with E-state index in [1.807, 2.05) is 18.2 Å². The minimum atomic E-state index is 0.227. The van der Waals surface area contributed by atoms with E-state index in [9.17, 15) is 4.79 Å². The lowest BCUT2D eigenvalue weighted by molar-refractivity contribution is 0.0851. The third kappa shape index (κ3) is 3.13. The molecule has 0 spiro atoms. The van der Waals surface area contributed by atoms with Crippen LogP contribution >= 0.6 is 0 Å².